The topological polar surface area (TPSA) is 39.1 Å². The Hall–Kier alpha value is -1.74. The number of halogens is 3. The van der Waals surface area contributed by atoms with Crippen molar-refractivity contribution in [1.82, 2.24) is 5.32 Å². The van der Waals surface area contributed by atoms with Crippen molar-refractivity contribution in [2.24, 2.45) is 0 Å². The molecule has 0 bridgehead atoms. The van der Waals surface area contributed by atoms with Crippen molar-refractivity contribution in [3.8, 4) is 6.07 Å². The van der Waals surface area contributed by atoms with Gasteiger partial charge in [-0.15, -0.1) is 0 Å². The smallest absolute Gasteiger partial charge is 0.365 e. The fourth-order valence-electron chi connectivity index (χ4n) is 2.29. The number of hydrogen-bond acceptors (Lipinski definition) is 3. The van der Waals surface area contributed by atoms with Crippen LogP contribution in [0.1, 0.15) is 24.5 Å². The van der Waals surface area contributed by atoms with Gasteiger partial charge in [-0.3, -0.25) is 0 Å². The quantitative estimate of drug-likeness (QED) is 0.923. The summed E-state index contributed by atoms with van der Waals surface area (Å²) in [5, 5.41) is 12.3. The molecule has 0 radical (unpaired) electrons. The molecule has 0 unspecified atom stereocenters. The van der Waals surface area contributed by atoms with E-state index < -0.39 is 11.7 Å². The summed E-state index contributed by atoms with van der Waals surface area (Å²) in [5.74, 6) is 0. The molecule has 1 aliphatic rings. The average molecular weight is 283 g/mol. The number of rotatable bonds is 4. The molecule has 0 atom stereocenters. The maximum Gasteiger partial charge on any atom is 0.416 e. The van der Waals surface area contributed by atoms with Crippen LogP contribution in [0.25, 0.3) is 0 Å². The Morgan fingerprint density at radius 2 is 2.10 bits per heavy atom. The molecule has 1 heterocycles. The molecule has 0 saturated carbocycles. The van der Waals surface area contributed by atoms with Gasteiger partial charge in [-0.1, -0.05) is 6.92 Å². The Morgan fingerprint density at radius 3 is 2.55 bits per heavy atom. The van der Waals surface area contributed by atoms with E-state index in [2.05, 4.69) is 5.32 Å². The SMILES string of the molecule is CCCN(c1ccc(C(F)(F)F)cc1C#N)C1CNC1. The molecule has 108 valence electrons. The molecule has 1 fully saturated rings. The lowest BCUT2D eigenvalue weighted by atomic mass is 10.0. The van der Waals surface area contributed by atoms with Gasteiger partial charge in [0.25, 0.3) is 0 Å². The highest BCUT2D eigenvalue weighted by Crippen LogP contribution is 2.33. The summed E-state index contributed by atoms with van der Waals surface area (Å²) in [4.78, 5) is 2.02. The van der Waals surface area contributed by atoms with Crippen LogP contribution < -0.4 is 10.2 Å². The zero-order valence-corrected chi connectivity index (χ0v) is 11.2. The Balaban J connectivity index is 2.37. The van der Waals surface area contributed by atoms with Crippen LogP contribution >= 0.6 is 0 Å². The van der Waals surface area contributed by atoms with Gasteiger partial charge in [-0.25, -0.2) is 0 Å². The lowest BCUT2D eigenvalue weighted by Gasteiger charge is -2.40. The van der Waals surface area contributed by atoms with E-state index in [4.69, 9.17) is 5.26 Å². The van der Waals surface area contributed by atoms with Crippen molar-refractivity contribution in [2.75, 3.05) is 24.5 Å². The maximum absolute atomic E-state index is 12.7. The molecule has 1 N–H and O–H groups in total. The van der Waals surface area contributed by atoms with Crippen molar-refractivity contribution in [3.63, 3.8) is 0 Å². The largest absolute Gasteiger partial charge is 0.416 e. The minimum atomic E-state index is -4.42. The average Bonchev–Trinajstić information content (AvgIpc) is 2.34. The molecule has 3 nitrogen and oxygen atoms in total. The van der Waals surface area contributed by atoms with Crippen LogP contribution in [0.3, 0.4) is 0 Å². The van der Waals surface area contributed by atoms with Gasteiger partial charge in [-0.2, -0.15) is 18.4 Å². The van der Waals surface area contributed by atoms with Crippen molar-refractivity contribution in [2.45, 2.75) is 25.6 Å². The fraction of sp³-hybridized carbons (Fsp3) is 0.500. The summed E-state index contributed by atoms with van der Waals surface area (Å²) in [7, 11) is 0. The predicted octanol–water partition coefficient (Wildman–Crippen LogP) is 2.77. The van der Waals surface area contributed by atoms with Crippen LogP contribution in [0, 0.1) is 11.3 Å². The van der Waals surface area contributed by atoms with Crippen LogP contribution in [0.4, 0.5) is 18.9 Å². The van der Waals surface area contributed by atoms with Crippen LogP contribution in [0.5, 0.6) is 0 Å². The first-order chi connectivity index (χ1) is 9.47. The second-order valence-electron chi connectivity index (χ2n) is 4.85. The summed E-state index contributed by atoms with van der Waals surface area (Å²) < 4.78 is 38.1. The van der Waals surface area contributed by atoms with Crippen molar-refractivity contribution in [3.05, 3.63) is 29.3 Å². The third-order valence-electron chi connectivity index (χ3n) is 3.42. The zero-order valence-electron chi connectivity index (χ0n) is 11.2. The van der Waals surface area contributed by atoms with E-state index in [9.17, 15) is 13.2 Å². The van der Waals surface area contributed by atoms with Crippen LogP contribution in [-0.4, -0.2) is 25.7 Å². The molecule has 0 spiro atoms. The first-order valence-electron chi connectivity index (χ1n) is 6.56. The molecular weight excluding hydrogens is 267 g/mol. The molecule has 0 amide bonds. The molecule has 1 aliphatic heterocycles. The van der Waals surface area contributed by atoms with Crippen LogP contribution in [0.2, 0.25) is 0 Å². The zero-order chi connectivity index (χ0) is 14.8. The third-order valence-corrected chi connectivity index (χ3v) is 3.42. The molecule has 0 aromatic heterocycles. The van der Waals surface area contributed by atoms with Crippen molar-refractivity contribution in [1.29, 1.82) is 5.26 Å². The molecule has 1 aromatic carbocycles. The summed E-state index contributed by atoms with van der Waals surface area (Å²) >= 11 is 0. The summed E-state index contributed by atoms with van der Waals surface area (Å²) in [6.45, 7) is 4.33. The number of nitrogens with zero attached hydrogens (tertiary/aromatic N) is 2. The van der Waals surface area contributed by atoms with Crippen molar-refractivity contribution >= 4 is 5.69 Å². The molecule has 6 heteroatoms. The Kier molecular flexibility index (Phi) is 4.19. The molecule has 2 rings (SSSR count). The minimum Gasteiger partial charge on any atom is -0.365 e. The molecule has 1 aromatic rings. The van der Waals surface area contributed by atoms with Gasteiger partial charge in [0, 0.05) is 19.6 Å². The predicted molar refractivity (Wildman–Crippen MR) is 70.5 cm³/mol. The van der Waals surface area contributed by atoms with Gasteiger partial charge >= 0.3 is 6.18 Å². The number of hydrogen-bond donors (Lipinski definition) is 1. The highest BCUT2D eigenvalue weighted by Gasteiger charge is 2.32. The first kappa shape index (κ1) is 14.7. The Labute approximate surface area is 116 Å². The van der Waals surface area contributed by atoms with Gasteiger partial charge in [0.1, 0.15) is 6.07 Å². The normalized spacial score (nSPS) is 15.6. The Morgan fingerprint density at radius 1 is 1.40 bits per heavy atom. The number of alkyl halides is 3. The molecule has 0 aliphatic carbocycles. The standard InChI is InChI=1S/C14H16F3N3/c1-2-5-20(12-8-19-9-12)13-4-3-11(14(15,16)17)6-10(13)7-18/h3-4,6,12,19H,2,5,8-9H2,1H3. The Bertz CT molecular complexity index is 515. The van der Waals surface area contributed by atoms with Gasteiger partial charge < -0.3 is 10.2 Å². The fourth-order valence-corrected chi connectivity index (χ4v) is 2.29. The third kappa shape index (κ3) is 2.88. The lowest BCUT2D eigenvalue weighted by molar-refractivity contribution is -0.137. The van der Waals surface area contributed by atoms with Crippen LogP contribution in [-0.2, 0) is 6.18 Å². The van der Waals surface area contributed by atoms with E-state index in [1.807, 2.05) is 17.9 Å². The number of nitrogens with one attached hydrogen (secondary N) is 1. The van der Waals surface area contributed by atoms with E-state index >= 15 is 0 Å². The second kappa shape index (κ2) is 5.71. The van der Waals surface area contributed by atoms with E-state index in [1.165, 1.54) is 6.07 Å². The van der Waals surface area contributed by atoms with Gasteiger partial charge in [0.05, 0.1) is 22.9 Å². The van der Waals surface area contributed by atoms with E-state index in [-0.39, 0.29) is 11.6 Å². The van der Waals surface area contributed by atoms with Gasteiger partial charge in [0.15, 0.2) is 0 Å². The lowest BCUT2D eigenvalue weighted by Crippen LogP contribution is -2.57. The van der Waals surface area contributed by atoms with Gasteiger partial charge in [0.2, 0.25) is 0 Å². The van der Waals surface area contributed by atoms with Crippen molar-refractivity contribution < 1.29 is 13.2 Å². The van der Waals surface area contributed by atoms with E-state index in [0.29, 0.717) is 5.69 Å². The molecule has 1 saturated heterocycles. The second-order valence-corrected chi connectivity index (χ2v) is 4.85. The number of nitriles is 1. The maximum atomic E-state index is 12.7. The number of benzene rings is 1. The number of anilines is 1. The molecule has 20 heavy (non-hydrogen) atoms. The summed E-state index contributed by atoms with van der Waals surface area (Å²) in [6.07, 6.45) is -3.54. The molecular formula is C14H16F3N3. The van der Waals surface area contributed by atoms with E-state index in [1.54, 1.807) is 0 Å². The minimum absolute atomic E-state index is 0.0835. The highest BCUT2D eigenvalue weighted by atomic mass is 19.4. The van der Waals surface area contributed by atoms with Gasteiger partial charge in [-0.05, 0) is 24.6 Å². The summed E-state index contributed by atoms with van der Waals surface area (Å²) in [6, 6.07) is 5.53. The van der Waals surface area contributed by atoms with Crippen LogP contribution in [0.15, 0.2) is 18.2 Å². The summed E-state index contributed by atoms with van der Waals surface area (Å²) in [5.41, 5.74) is -0.102. The van der Waals surface area contributed by atoms with E-state index in [0.717, 1.165) is 38.2 Å². The highest BCUT2D eigenvalue weighted by molar-refractivity contribution is 5.61. The first-order valence-corrected chi connectivity index (χ1v) is 6.56. The monoisotopic (exact) mass is 283 g/mol.